The van der Waals surface area contributed by atoms with Gasteiger partial charge in [0, 0.05) is 17.5 Å². The average Bonchev–Trinajstić information content (AvgIpc) is 3.01. The van der Waals surface area contributed by atoms with E-state index >= 15 is 0 Å². The Bertz CT molecular complexity index is 342. The van der Waals surface area contributed by atoms with Crippen LogP contribution >= 0.6 is 11.3 Å². The van der Waals surface area contributed by atoms with E-state index in [2.05, 4.69) is 48.5 Å². The van der Waals surface area contributed by atoms with Crippen molar-refractivity contribution in [2.45, 2.75) is 39.7 Å². The van der Waals surface area contributed by atoms with Crippen molar-refractivity contribution in [2.75, 3.05) is 26.2 Å². The van der Waals surface area contributed by atoms with Gasteiger partial charge in [-0.05, 0) is 55.8 Å². The summed E-state index contributed by atoms with van der Waals surface area (Å²) in [5.41, 5.74) is 0. The molecule has 2 unspecified atom stereocenters. The van der Waals surface area contributed by atoms with Gasteiger partial charge in [0.1, 0.15) is 0 Å². The molecule has 3 heteroatoms. The van der Waals surface area contributed by atoms with Crippen molar-refractivity contribution in [1.29, 1.82) is 0 Å². The molecule has 1 aromatic heterocycles. The van der Waals surface area contributed by atoms with Gasteiger partial charge in [0.2, 0.25) is 0 Å². The van der Waals surface area contributed by atoms with E-state index in [0.717, 1.165) is 12.5 Å². The molecule has 1 fully saturated rings. The second kappa shape index (κ2) is 7.41. The molecule has 0 saturated carbocycles. The zero-order valence-electron chi connectivity index (χ0n) is 12.6. The van der Waals surface area contributed by atoms with Gasteiger partial charge in [-0.3, -0.25) is 0 Å². The largest absolute Gasteiger partial charge is 0.309 e. The van der Waals surface area contributed by atoms with Crippen LogP contribution in [0.2, 0.25) is 0 Å². The molecule has 1 aliphatic rings. The van der Waals surface area contributed by atoms with Gasteiger partial charge >= 0.3 is 0 Å². The van der Waals surface area contributed by atoms with Crippen molar-refractivity contribution < 1.29 is 0 Å². The number of likely N-dealkylation sites (tertiary alicyclic amines) is 1. The first-order valence-electron chi connectivity index (χ1n) is 7.66. The second-order valence-corrected chi connectivity index (χ2v) is 7.24. The quantitative estimate of drug-likeness (QED) is 0.818. The first kappa shape index (κ1) is 15.0. The smallest absolute Gasteiger partial charge is 0.0438 e. The van der Waals surface area contributed by atoms with Crippen LogP contribution in [-0.4, -0.2) is 31.1 Å². The van der Waals surface area contributed by atoms with Crippen molar-refractivity contribution >= 4 is 11.3 Å². The number of nitrogens with zero attached hydrogens (tertiary/aromatic N) is 1. The number of nitrogens with one attached hydrogen (secondary N) is 1. The minimum Gasteiger partial charge on any atom is -0.309 e. The predicted molar refractivity (Wildman–Crippen MR) is 84.7 cm³/mol. The van der Waals surface area contributed by atoms with Gasteiger partial charge in [0.25, 0.3) is 0 Å². The van der Waals surface area contributed by atoms with E-state index in [1.807, 2.05) is 11.3 Å². The van der Waals surface area contributed by atoms with Gasteiger partial charge in [0.05, 0.1) is 0 Å². The van der Waals surface area contributed by atoms with Crippen molar-refractivity contribution in [1.82, 2.24) is 10.2 Å². The fraction of sp³-hybridized carbons (Fsp3) is 0.750. The van der Waals surface area contributed by atoms with Crippen LogP contribution < -0.4 is 5.32 Å². The molecule has 0 spiro atoms. The van der Waals surface area contributed by atoms with Gasteiger partial charge in [-0.1, -0.05) is 26.8 Å². The highest BCUT2D eigenvalue weighted by molar-refractivity contribution is 7.10. The van der Waals surface area contributed by atoms with Crippen LogP contribution in [-0.2, 0) is 0 Å². The maximum absolute atomic E-state index is 3.78. The van der Waals surface area contributed by atoms with Crippen LogP contribution in [0.3, 0.4) is 0 Å². The molecule has 0 amide bonds. The number of thiophene rings is 1. The normalized spacial score (nSPS) is 20.0. The summed E-state index contributed by atoms with van der Waals surface area (Å²) < 4.78 is 0. The fourth-order valence-corrected chi connectivity index (χ4v) is 3.91. The number of rotatable bonds is 7. The minimum atomic E-state index is 0.515. The molecule has 1 N–H and O–H groups in total. The Morgan fingerprint density at radius 3 is 2.58 bits per heavy atom. The Morgan fingerprint density at radius 1 is 1.26 bits per heavy atom. The maximum Gasteiger partial charge on any atom is 0.0438 e. The molecular weight excluding hydrogens is 252 g/mol. The lowest BCUT2D eigenvalue weighted by Crippen LogP contribution is -2.34. The Kier molecular flexibility index (Phi) is 5.86. The topological polar surface area (TPSA) is 15.3 Å². The molecule has 0 radical (unpaired) electrons. The first-order valence-corrected chi connectivity index (χ1v) is 8.54. The lowest BCUT2D eigenvalue weighted by Gasteiger charge is -2.25. The van der Waals surface area contributed by atoms with Gasteiger partial charge in [-0.2, -0.15) is 0 Å². The molecule has 108 valence electrons. The van der Waals surface area contributed by atoms with Crippen molar-refractivity contribution in [3.63, 3.8) is 0 Å². The van der Waals surface area contributed by atoms with Gasteiger partial charge in [0.15, 0.2) is 0 Å². The van der Waals surface area contributed by atoms with E-state index in [0.29, 0.717) is 12.0 Å². The third kappa shape index (κ3) is 4.59. The minimum absolute atomic E-state index is 0.515. The van der Waals surface area contributed by atoms with E-state index in [1.165, 1.54) is 37.4 Å². The summed E-state index contributed by atoms with van der Waals surface area (Å²) in [4.78, 5) is 4.09. The highest BCUT2D eigenvalue weighted by Crippen LogP contribution is 2.25. The second-order valence-electron chi connectivity index (χ2n) is 6.26. The molecule has 2 atom stereocenters. The molecule has 1 aliphatic heterocycles. The van der Waals surface area contributed by atoms with Crippen LogP contribution in [0.4, 0.5) is 0 Å². The third-order valence-corrected chi connectivity index (χ3v) is 4.93. The van der Waals surface area contributed by atoms with Crippen LogP contribution in [0.15, 0.2) is 17.5 Å². The molecule has 0 aromatic carbocycles. The fourth-order valence-electron chi connectivity index (χ4n) is 2.93. The third-order valence-electron chi connectivity index (χ3n) is 3.97. The van der Waals surface area contributed by atoms with Gasteiger partial charge < -0.3 is 10.2 Å². The molecule has 1 saturated heterocycles. The summed E-state index contributed by atoms with van der Waals surface area (Å²) in [7, 11) is 0. The Balaban J connectivity index is 1.78. The average molecular weight is 280 g/mol. The van der Waals surface area contributed by atoms with Crippen LogP contribution in [0.1, 0.15) is 44.5 Å². The first-order chi connectivity index (χ1) is 9.16. The van der Waals surface area contributed by atoms with E-state index in [-0.39, 0.29) is 0 Å². The Hall–Kier alpha value is -0.380. The highest BCUT2D eigenvalue weighted by atomic mass is 32.1. The Labute approximate surface area is 122 Å². The van der Waals surface area contributed by atoms with E-state index < -0.39 is 0 Å². The van der Waals surface area contributed by atoms with E-state index in [1.54, 1.807) is 0 Å². The summed E-state index contributed by atoms with van der Waals surface area (Å²) in [6, 6.07) is 4.93. The summed E-state index contributed by atoms with van der Waals surface area (Å²) in [6.45, 7) is 12.0. The van der Waals surface area contributed by atoms with Crippen LogP contribution in [0.5, 0.6) is 0 Å². The maximum atomic E-state index is 3.78. The predicted octanol–water partition coefficient (Wildman–Crippen LogP) is 3.77. The SMILES string of the molecule is CC(CNC(c1cccs1)C(C)C)CN1CCCC1. The summed E-state index contributed by atoms with van der Waals surface area (Å²) in [6.07, 6.45) is 2.79. The molecule has 19 heavy (non-hydrogen) atoms. The van der Waals surface area contributed by atoms with Crippen molar-refractivity contribution in [3.8, 4) is 0 Å². The number of hydrogen-bond acceptors (Lipinski definition) is 3. The highest BCUT2D eigenvalue weighted by Gasteiger charge is 2.19. The molecule has 0 bridgehead atoms. The molecule has 2 heterocycles. The lowest BCUT2D eigenvalue weighted by molar-refractivity contribution is 0.271. The lowest BCUT2D eigenvalue weighted by atomic mass is 10.0. The zero-order chi connectivity index (χ0) is 13.7. The standard InChI is InChI=1S/C16H28N2S/c1-13(2)16(15-7-6-10-19-15)17-11-14(3)12-18-8-4-5-9-18/h6-7,10,13-14,16-17H,4-5,8-9,11-12H2,1-3H3. The number of hydrogen-bond donors (Lipinski definition) is 1. The monoisotopic (exact) mass is 280 g/mol. The van der Waals surface area contributed by atoms with Gasteiger partial charge in [-0.25, -0.2) is 0 Å². The van der Waals surface area contributed by atoms with Gasteiger partial charge in [-0.15, -0.1) is 11.3 Å². The van der Waals surface area contributed by atoms with Crippen molar-refractivity contribution in [2.24, 2.45) is 11.8 Å². The summed E-state index contributed by atoms with van der Waals surface area (Å²) in [5, 5.41) is 5.96. The van der Waals surface area contributed by atoms with Crippen LogP contribution in [0.25, 0.3) is 0 Å². The summed E-state index contributed by atoms with van der Waals surface area (Å²) in [5.74, 6) is 1.39. The van der Waals surface area contributed by atoms with Crippen LogP contribution in [0, 0.1) is 11.8 Å². The summed E-state index contributed by atoms with van der Waals surface area (Å²) >= 11 is 1.87. The van der Waals surface area contributed by atoms with E-state index in [4.69, 9.17) is 0 Å². The zero-order valence-corrected chi connectivity index (χ0v) is 13.4. The Morgan fingerprint density at radius 2 is 2.00 bits per heavy atom. The molecule has 2 nitrogen and oxygen atoms in total. The molecule has 2 rings (SSSR count). The van der Waals surface area contributed by atoms with Crippen molar-refractivity contribution in [3.05, 3.63) is 22.4 Å². The molecular formula is C16H28N2S. The molecule has 1 aromatic rings. The molecule has 0 aliphatic carbocycles. The van der Waals surface area contributed by atoms with E-state index in [9.17, 15) is 0 Å².